The molecule has 1 heterocycles. The van der Waals surface area contributed by atoms with Gasteiger partial charge in [0.25, 0.3) is 0 Å². The molecule has 1 aliphatic carbocycles. The van der Waals surface area contributed by atoms with E-state index in [1.165, 1.54) is 12.8 Å². The molecule has 1 aliphatic rings. The average Bonchev–Trinajstić information content (AvgIpc) is 2.71. The van der Waals surface area contributed by atoms with Crippen molar-refractivity contribution in [2.75, 3.05) is 0 Å². The van der Waals surface area contributed by atoms with Gasteiger partial charge >= 0.3 is 0 Å². The van der Waals surface area contributed by atoms with Crippen LogP contribution in [-0.4, -0.2) is 18.5 Å². The van der Waals surface area contributed by atoms with Crippen molar-refractivity contribution in [3.63, 3.8) is 0 Å². The third-order valence-electron chi connectivity index (χ3n) is 4.80. The zero-order chi connectivity index (χ0) is 15.1. The first-order chi connectivity index (χ1) is 9.10. The SMILES string of the molecule is CC1CC(c2nnc([C@H](C)O[Si](C)(C)C(C)(C)C)o2)C1. The fraction of sp³-hybridized carbons (Fsp3) is 0.867. The molecule has 0 aromatic carbocycles. The molecule has 0 radical (unpaired) electrons. The van der Waals surface area contributed by atoms with E-state index in [2.05, 4.69) is 51.0 Å². The van der Waals surface area contributed by atoms with Gasteiger partial charge in [-0.15, -0.1) is 10.2 Å². The molecule has 0 bridgehead atoms. The quantitative estimate of drug-likeness (QED) is 0.758. The Morgan fingerprint density at radius 1 is 1.25 bits per heavy atom. The summed E-state index contributed by atoms with van der Waals surface area (Å²) in [4.78, 5) is 0. The maximum Gasteiger partial charge on any atom is 0.243 e. The fourth-order valence-electron chi connectivity index (χ4n) is 2.35. The molecule has 0 saturated heterocycles. The van der Waals surface area contributed by atoms with Crippen LogP contribution in [0.5, 0.6) is 0 Å². The minimum Gasteiger partial charge on any atom is -0.422 e. The molecule has 1 aromatic heterocycles. The van der Waals surface area contributed by atoms with Gasteiger partial charge in [0.1, 0.15) is 6.10 Å². The Labute approximate surface area is 123 Å². The Kier molecular flexibility index (Phi) is 4.13. The molecule has 2 rings (SSSR count). The monoisotopic (exact) mass is 296 g/mol. The lowest BCUT2D eigenvalue weighted by Gasteiger charge is -2.37. The lowest BCUT2D eigenvalue weighted by Crippen LogP contribution is -2.41. The first kappa shape index (κ1) is 15.7. The van der Waals surface area contributed by atoms with Gasteiger partial charge in [-0.2, -0.15) is 0 Å². The largest absolute Gasteiger partial charge is 0.422 e. The molecular weight excluding hydrogens is 268 g/mol. The molecule has 5 heteroatoms. The van der Waals surface area contributed by atoms with E-state index in [9.17, 15) is 0 Å². The lowest BCUT2D eigenvalue weighted by molar-refractivity contribution is 0.160. The van der Waals surface area contributed by atoms with Crippen LogP contribution in [0.2, 0.25) is 18.1 Å². The zero-order valence-electron chi connectivity index (χ0n) is 13.9. The smallest absolute Gasteiger partial charge is 0.243 e. The second kappa shape index (κ2) is 5.26. The molecular formula is C15H28N2O2Si. The van der Waals surface area contributed by atoms with Gasteiger partial charge in [0.05, 0.1) is 0 Å². The first-order valence-corrected chi connectivity index (χ1v) is 10.5. The topological polar surface area (TPSA) is 48.2 Å². The van der Waals surface area contributed by atoms with Crippen LogP contribution in [0, 0.1) is 5.92 Å². The van der Waals surface area contributed by atoms with Crippen LogP contribution >= 0.6 is 0 Å². The molecule has 0 N–H and O–H groups in total. The molecule has 0 amide bonds. The van der Waals surface area contributed by atoms with Crippen LogP contribution in [0.25, 0.3) is 0 Å². The zero-order valence-corrected chi connectivity index (χ0v) is 14.9. The van der Waals surface area contributed by atoms with Crippen LogP contribution in [0.4, 0.5) is 0 Å². The molecule has 0 spiro atoms. The van der Waals surface area contributed by atoms with Crippen LogP contribution < -0.4 is 0 Å². The van der Waals surface area contributed by atoms with Gasteiger partial charge in [-0.05, 0) is 43.8 Å². The lowest BCUT2D eigenvalue weighted by atomic mass is 9.76. The van der Waals surface area contributed by atoms with E-state index in [4.69, 9.17) is 8.84 Å². The fourth-order valence-corrected chi connectivity index (χ4v) is 3.69. The standard InChI is InChI=1S/C15H28N2O2Si/c1-10-8-12(9-10)14-17-16-13(18-14)11(2)19-20(6,7)15(3,4)5/h10-12H,8-9H2,1-7H3/t10?,11-,12?/m0/s1. The first-order valence-electron chi connectivity index (χ1n) is 7.61. The van der Waals surface area contributed by atoms with Crippen molar-refractivity contribution < 1.29 is 8.84 Å². The second-order valence-corrected chi connectivity index (χ2v) is 12.5. The van der Waals surface area contributed by atoms with Gasteiger partial charge in [-0.25, -0.2) is 0 Å². The van der Waals surface area contributed by atoms with Gasteiger partial charge in [0, 0.05) is 5.92 Å². The van der Waals surface area contributed by atoms with Crippen LogP contribution in [0.1, 0.15) is 71.3 Å². The van der Waals surface area contributed by atoms with Crippen molar-refractivity contribution in [1.82, 2.24) is 10.2 Å². The van der Waals surface area contributed by atoms with Gasteiger partial charge in [0.15, 0.2) is 8.32 Å². The molecule has 4 nitrogen and oxygen atoms in total. The Morgan fingerprint density at radius 2 is 1.85 bits per heavy atom. The van der Waals surface area contributed by atoms with E-state index >= 15 is 0 Å². The summed E-state index contributed by atoms with van der Waals surface area (Å²) < 4.78 is 12.1. The molecule has 0 unspecified atom stereocenters. The van der Waals surface area contributed by atoms with E-state index in [-0.39, 0.29) is 11.1 Å². The number of rotatable bonds is 4. The van der Waals surface area contributed by atoms with Crippen molar-refractivity contribution >= 4 is 8.32 Å². The Hall–Kier alpha value is -0.683. The highest BCUT2D eigenvalue weighted by atomic mass is 28.4. The van der Waals surface area contributed by atoms with E-state index in [0.717, 1.165) is 11.8 Å². The predicted octanol–water partition coefficient (Wildman–Crippen LogP) is 4.67. The van der Waals surface area contributed by atoms with E-state index in [1.54, 1.807) is 0 Å². The predicted molar refractivity (Wildman–Crippen MR) is 82.1 cm³/mol. The molecule has 1 aromatic rings. The minimum absolute atomic E-state index is 0.116. The second-order valence-electron chi connectivity index (χ2n) is 7.77. The van der Waals surface area contributed by atoms with Crippen LogP contribution in [0.15, 0.2) is 4.42 Å². The van der Waals surface area contributed by atoms with Gasteiger partial charge < -0.3 is 8.84 Å². The molecule has 1 saturated carbocycles. The number of nitrogens with zero attached hydrogens (tertiary/aromatic N) is 2. The summed E-state index contributed by atoms with van der Waals surface area (Å²) in [5, 5.41) is 8.58. The molecule has 20 heavy (non-hydrogen) atoms. The van der Waals surface area contributed by atoms with Gasteiger partial charge in [0.2, 0.25) is 11.8 Å². The van der Waals surface area contributed by atoms with Crippen molar-refractivity contribution in [2.24, 2.45) is 5.92 Å². The Morgan fingerprint density at radius 3 is 2.35 bits per heavy atom. The summed E-state index contributed by atoms with van der Waals surface area (Å²) in [6, 6.07) is 0. The third-order valence-corrected chi connectivity index (χ3v) is 9.36. The minimum atomic E-state index is -1.80. The van der Waals surface area contributed by atoms with E-state index in [1.807, 2.05) is 6.92 Å². The Bertz CT molecular complexity index is 459. The maximum atomic E-state index is 6.30. The maximum absolute atomic E-state index is 6.30. The molecule has 1 fully saturated rings. The van der Waals surface area contributed by atoms with Gasteiger partial charge in [-0.3, -0.25) is 0 Å². The van der Waals surface area contributed by atoms with Crippen LogP contribution in [-0.2, 0) is 4.43 Å². The summed E-state index contributed by atoms with van der Waals surface area (Å²) in [5.74, 6) is 2.68. The summed E-state index contributed by atoms with van der Waals surface area (Å²) in [7, 11) is -1.80. The summed E-state index contributed by atoms with van der Waals surface area (Å²) in [6.07, 6.45) is 2.22. The van der Waals surface area contributed by atoms with E-state index < -0.39 is 8.32 Å². The van der Waals surface area contributed by atoms with Crippen molar-refractivity contribution in [1.29, 1.82) is 0 Å². The number of hydrogen-bond acceptors (Lipinski definition) is 4. The summed E-state index contributed by atoms with van der Waals surface area (Å²) in [5.41, 5.74) is 0. The van der Waals surface area contributed by atoms with Crippen molar-refractivity contribution in [3.8, 4) is 0 Å². The molecule has 1 atom stereocenters. The number of aromatic nitrogens is 2. The average molecular weight is 296 g/mol. The van der Waals surface area contributed by atoms with Crippen LogP contribution in [0.3, 0.4) is 0 Å². The highest BCUT2D eigenvalue weighted by molar-refractivity contribution is 6.74. The highest BCUT2D eigenvalue weighted by Crippen LogP contribution is 2.42. The molecule has 114 valence electrons. The summed E-state index contributed by atoms with van der Waals surface area (Å²) in [6.45, 7) is 15.5. The summed E-state index contributed by atoms with van der Waals surface area (Å²) >= 11 is 0. The van der Waals surface area contributed by atoms with Gasteiger partial charge in [-0.1, -0.05) is 27.7 Å². The number of hydrogen-bond donors (Lipinski definition) is 0. The highest BCUT2D eigenvalue weighted by Gasteiger charge is 2.40. The third kappa shape index (κ3) is 3.14. The Balaban J connectivity index is 2.01. The van der Waals surface area contributed by atoms with Crippen molar-refractivity contribution in [3.05, 3.63) is 11.8 Å². The normalized spacial score (nSPS) is 25.4. The van der Waals surface area contributed by atoms with Crippen molar-refractivity contribution in [2.45, 2.75) is 77.6 Å². The molecule has 0 aliphatic heterocycles. The van der Waals surface area contributed by atoms with E-state index in [0.29, 0.717) is 11.8 Å².